The van der Waals surface area contributed by atoms with Crippen LogP contribution in [0, 0.1) is 5.41 Å². The van der Waals surface area contributed by atoms with Crippen LogP contribution >= 0.6 is 0 Å². The molecule has 0 aliphatic heterocycles. The van der Waals surface area contributed by atoms with E-state index < -0.39 is 5.91 Å². The molecule has 7 nitrogen and oxygen atoms in total. The van der Waals surface area contributed by atoms with Gasteiger partial charge in [0.1, 0.15) is 0 Å². The number of hydrogen-bond acceptors (Lipinski definition) is 4. The molecule has 0 aliphatic rings. The van der Waals surface area contributed by atoms with Crippen molar-refractivity contribution in [2.24, 2.45) is 5.41 Å². The fourth-order valence-corrected chi connectivity index (χ4v) is 1.95. The van der Waals surface area contributed by atoms with Crippen LogP contribution in [0.1, 0.15) is 37.7 Å². The van der Waals surface area contributed by atoms with Gasteiger partial charge in [-0.3, -0.25) is 20.4 Å². The van der Waals surface area contributed by atoms with Crippen LogP contribution in [0.2, 0.25) is 0 Å². The smallest absolute Gasteiger partial charge is 0.294 e. The molecule has 0 bridgehead atoms. The number of carbonyl (C=O) groups is 2. The van der Waals surface area contributed by atoms with Crippen molar-refractivity contribution in [2.75, 3.05) is 0 Å². The van der Waals surface area contributed by atoms with E-state index in [0.717, 1.165) is 0 Å². The number of para-hydroxylation sites is 1. The van der Waals surface area contributed by atoms with Crippen molar-refractivity contribution in [3.8, 4) is 11.4 Å². The maximum atomic E-state index is 12.0. The van der Waals surface area contributed by atoms with Gasteiger partial charge in [0.05, 0.1) is 11.9 Å². The molecule has 2 amide bonds. The predicted molar refractivity (Wildman–Crippen MR) is 84.9 cm³/mol. The van der Waals surface area contributed by atoms with Crippen molar-refractivity contribution in [3.05, 3.63) is 42.2 Å². The Balaban J connectivity index is 2.03. The molecule has 1 aromatic carbocycles. The minimum absolute atomic E-state index is 0.162. The molecule has 0 spiro atoms. The lowest BCUT2D eigenvalue weighted by molar-refractivity contribution is -0.123. The van der Waals surface area contributed by atoms with Gasteiger partial charge in [0.15, 0.2) is 11.4 Å². The summed E-state index contributed by atoms with van der Waals surface area (Å²) in [7, 11) is 0. The number of nitrogens with zero attached hydrogens (tertiary/aromatic N) is 2. The molecule has 7 heteroatoms. The molecule has 0 radical (unpaired) electrons. The lowest BCUT2D eigenvalue weighted by Crippen LogP contribution is -2.43. The third kappa shape index (κ3) is 4.57. The molecule has 1 aromatic heterocycles. The summed E-state index contributed by atoms with van der Waals surface area (Å²) in [5, 5.41) is 13.9. The van der Waals surface area contributed by atoms with Crippen molar-refractivity contribution >= 4 is 11.8 Å². The minimum atomic E-state index is -0.681. The highest BCUT2D eigenvalue weighted by Gasteiger charge is 2.19. The number of amides is 2. The van der Waals surface area contributed by atoms with Crippen LogP contribution in [0.5, 0.6) is 5.75 Å². The first-order chi connectivity index (χ1) is 10.8. The van der Waals surface area contributed by atoms with Gasteiger partial charge in [0.25, 0.3) is 5.91 Å². The van der Waals surface area contributed by atoms with E-state index >= 15 is 0 Å². The molecule has 1 heterocycles. The van der Waals surface area contributed by atoms with E-state index in [2.05, 4.69) is 16.0 Å². The summed E-state index contributed by atoms with van der Waals surface area (Å²) in [5.74, 6) is -1.26. The molecule has 0 saturated heterocycles. The van der Waals surface area contributed by atoms with Gasteiger partial charge in [0.2, 0.25) is 5.91 Å². The summed E-state index contributed by atoms with van der Waals surface area (Å²) in [6, 6.07) is 9.07. The Morgan fingerprint density at radius 1 is 1.17 bits per heavy atom. The van der Waals surface area contributed by atoms with Gasteiger partial charge in [-0.25, -0.2) is 4.68 Å². The average molecular weight is 316 g/mol. The molecule has 2 aromatic rings. The third-order valence-corrected chi connectivity index (χ3v) is 2.94. The van der Waals surface area contributed by atoms with Crippen molar-refractivity contribution < 1.29 is 14.7 Å². The molecule has 0 atom stereocenters. The Morgan fingerprint density at radius 3 is 2.43 bits per heavy atom. The highest BCUT2D eigenvalue weighted by Crippen LogP contribution is 2.19. The fourth-order valence-electron chi connectivity index (χ4n) is 1.95. The number of nitrogens with one attached hydrogen (secondary N) is 2. The standard InChI is InChI=1S/C16H20N4O3/c1-16(2,3)9-13(22)17-18-15(23)14-12(21)10-20(19-14)11-7-5-4-6-8-11/h4-8,10,21H,9H2,1-3H3,(H,17,22)(H,18,23). The zero-order valence-corrected chi connectivity index (χ0v) is 13.3. The number of benzene rings is 1. The number of carbonyl (C=O) groups excluding carboxylic acids is 2. The summed E-state index contributed by atoms with van der Waals surface area (Å²) >= 11 is 0. The van der Waals surface area contributed by atoms with Gasteiger partial charge >= 0.3 is 0 Å². The topological polar surface area (TPSA) is 96.3 Å². The van der Waals surface area contributed by atoms with Crippen LogP contribution in [-0.4, -0.2) is 26.7 Å². The Morgan fingerprint density at radius 2 is 1.83 bits per heavy atom. The zero-order valence-electron chi connectivity index (χ0n) is 13.3. The second kappa shape index (κ2) is 6.51. The summed E-state index contributed by atoms with van der Waals surface area (Å²) in [6.45, 7) is 5.76. The molecule has 122 valence electrons. The van der Waals surface area contributed by atoms with Gasteiger partial charge in [-0.15, -0.1) is 0 Å². The zero-order chi connectivity index (χ0) is 17.0. The first-order valence-corrected chi connectivity index (χ1v) is 7.19. The first kappa shape index (κ1) is 16.5. The molecule has 0 unspecified atom stereocenters. The van der Waals surface area contributed by atoms with Crippen LogP contribution in [-0.2, 0) is 4.79 Å². The number of aromatic nitrogens is 2. The minimum Gasteiger partial charge on any atom is -0.504 e. The van der Waals surface area contributed by atoms with Crippen molar-refractivity contribution in [3.63, 3.8) is 0 Å². The fraction of sp³-hybridized carbons (Fsp3) is 0.312. The normalized spacial score (nSPS) is 11.1. The van der Waals surface area contributed by atoms with Crippen LogP contribution in [0.25, 0.3) is 5.69 Å². The van der Waals surface area contributed by atoms with Crippen LogP contribution in [0.3, 0.4) is 0 Å². The maximum absolute atomic E-state index is 12.0. The third-order valence-electron chi connectivity index (χ3n) is 2.94. The van der Waals surface area contributed by atoms with E-state index in [1.807, 2.05) is 39.0 Å². The van der Waals surface area contributed by atoms with E-state index in [1.54, 1.807) is 12.1 Å². The Kier molecular flexibility index (Phi) is 4.68. The summed E-state index contributed by atoms with van der Waals surface area (Å²) in [5.41, 5.74) is 4.92. The van der Waals surface area contributed by atoms with E-state index in [9.17, 15) is 14.7 Å². The van der Waals surface area contributed by atoms with Gasteiger partial charge < -0.3 is 5.11 Å². The van der Waals surface area contributed by atoms with Crippen molar-refractivity contribution in [1.82, 2.24) is 20.6 Å². The first-order valence-electron chi connectivity index (χ1n) is 7.19. The van der Waals surface area contributed by atoms with Crippen LogP contribution in [0.4, 0.5) is 0 Å². The summed E-state index contributed by atoms with van der Waals surface area (Å²) in [6.07, 6.45) is 1.60. The Bertz CT molecular complexity index is 702. The highest BCUT2D eigenvalue weighted by molar-refractivity contribution is 5.95. The molecule has 0 aliphatic carbocycles. The average Bonchev–Trinajstić information content (AvgIpc) is 2.86. The molecular formula is C16H20N4O3. The molecule has 2 rings (SSSR count). The predicted octanol–water partition coefficient (Wildman–Crippen LogP) is 1.78. The summed E-state index contributed by atoms with van der Waals surface area (Å²) in [4.78, 5) is 23.7. The molecule has 0 fully saturated rings. The van der Waals surface area contributed by atoms with Crippen LogP contribution in [0.15, 0.2) is 36.5 Å². The SMILES string of the molecule is CC(C)(C)CC(=O)NNC(=O)c1nn(-c2ccccc2)cc1O. The Hall–Kier alpha value is -2.83. The van der Waals surface area contributed by atoms with Gasteiger partial charge in [-0.1, -0.05) is 39.0 Å². The number of aromatic hydroxyl groups is 1. The quantitative estimate of drug-likeness (QED) is 0.752. The highest BCUT2D eigenvalue weighted by atomic mass is 16.3. The second-order valence-corrected chi connectivity index (χ2v) is 6.38. The molecule has 23 heavy (non-hydrogen) atoms. The van der Waals surface area contributed by atoms with E-state index in [-0.39, 0.29) is 29.2 Å². The van der Waals surface area contributed by atoms with E-state index in [1.165, 1.54) is 10.9 Å². The molecular weight excluding hydrogens is 296 g/mol. The largest absolute Gasteiger partial charge is 0.504 e. The number of hydrogen-bond donors (Lipinski definition) is 3. The molecule has 0 saturated carbocycles. The maximum Gasteiger partial charge on any atom is 0.294 e. The second-order valence-electron chi connectivity index (χ2n) is 6.38. The number of hydrazine groups is 1. The number of rotatable bonds is 3. The van der Waals surface area contributed by atoms with Crippen molar-refractivity contribution in [1.29, 1.82) is 0 Å². The van der Waals surface area contributed by atoms with Crippen LogP contribution < -0.4 is 10.9 Å². The lowest BCUT2D eigenvalue weighted by atomic mass is 9.92. The monoisotopic (exact) mass is 316 g/mol. The lowest BCUT2D eigenvalue weighted by Gasteiger charge is -2.17. The van der Waals surface area contributed by atoms with E-state index in [4.69, 9.17) is 0 Å². The van der Waals surface area contributed by atoms with Gasteiger partial charge in [0, 0.05) is 6.42 Å². The van der Waals surface area contributed by atoms with Gasteiger partial charge in [-0.2, -0.15) is 5.10 Å². The molecule has 3 N–H and O–H groups in total. The summed E-state index contributed by atoms with van der Waals surface area (Å²) < 4.78 is 1.39. The van der Waals surface area contributed by atoms with Gasteiger partial charge in [-0.05, 0) is 17.5 Å². The van der Waals surface area contributed by atoms with Crippen molar-refractivity contribution in [2.45, 2.75) is 27.2 Å². The van der Waals surface area contributed by atoms with E-state index in [0.29, 0.717) is 5.69 Å². The Labute approximate surface area is 134 Å².